The van der Waals surface area contributed by atoms with E-state index < -0.39 is 0 Å². The SMILES string of the molecule is CCC1CNC(C(C)C)CN1CC1CSCCS1. The van der Waals surface area contributed by atoms with Crippen LogP contribution < -0.4 is 5.32 Å². The van der Waals surface area contributed by atoms with E-state index in [2.05, 4.69) is 54.5 Å². The lowest BCUT2D eigenvalue weighted by Gasteiger charge is -2.43. The van der Waals surface area contributed by atoms with Crippen molar-refractivity contribution in [1.29, 1.82) is 0 Å². The molecule has 0 aliphatic carbocycles. The van der Waals surface area contributed by atoms with Crippen molar-refractivity contribution in [2.45, 2.75) is 44.5 Å². The van der Waals surface area contributed by atoms with E-state index in [-0.39, 0.29) is 0 Å². The summed E-state index contributed by atoms with van der Waals surface area (Å²) < 4.78 is 0. The van der Waals surface area contributed by atoms with Crippen LogP contribution in [0.5, 0.6) is 0 Å². The second-order valence-electron chi connectivity index (χ2n) is 5.84. The van der Waals surface area contributed by atoms with Gasteiger partial charge in [-0.3, -0.25) is 4.90 Å². The standard InChI is InChI=1S/C14H28N2S2/c1-4-12-7-15-14(11(2)3)9-16(12)8-13-10-17-5-6-18-13/h11-15H,4-10H2,1-3H3. The van der Waals surface area contributed by atoms with E-state index in [0.29, 0.717) is 6.04 Å². The third-order valence-electron chi connectivity index (χ3n) is 4.16. The van der Waals surface area contributed by atoms with E-state index in [4.69, 9.17) is 0 Å². The smallest absolute Gasteiger partial charge is 0.0265 e. The number of rotatable bonds is 4. The molecule has 0 aromatic carbocycles. The van der Waals surface area contributed by atoms with E-state index in [1.807, 2.05) is 0 Å². The van der Waals surface area contributed by atoms with Crippen molar-refractivity contribution >= 4 is 23.5 Å². The Balaban J connectivity index is 1.88. The third kappa shape index (κ3) is 4.06. The van der Waals surface area contributed by atoms with E-state index in [1.165, 1.54) is 43.3 Å². The number of nitrogens with zero attached hydrogens (tertiary/aromatic N) is 1. The average Bonchev–Trinajstić information content (AvgIpc) is 2.39. The molecule has 106 valence electrons. The maximum atomic E-state index is 3.73. The van der Waals surface area contributed by atoms with Crippen molar-refractivity contribution in [1.82, 2.24) is 10.2 Å². The molecular weight excluding hydrogens is 260 g/mol. The van der Waals surface area contributed by atoms with Gasteiger partial charge in [0, 0.05) is 54.2 Å². The average molecular weight is 289 g/mol. The summed E-state index contributed by atoms with van der Waals surface area (Å²) in [5, 5.41) is 4.60. The second-order valence-corrected chi connectivity index (χ2v) is 8.40. The first-order valence-corrected chi connectivity index (χ1v) is 9.57. The van der Waals surface area contributed by atoms with Gasteiger partial charge in [-0.1, -0.05) is 20.8 Å². The van der Waals surface area contributed by atoms with Crippen LogP contribution in [0.1, 0.15) is 27.2 Å². The van der Waals surface area contributed by atoms with Gasteiger partial charge in [-0.2, -0.15) is 23.5 Å². The molecule has 2 fully saturated rings. The van der Waals surface area contributed by atoms with Crippen LogP contribution in [0, 0.1) is 5.92 Å². The third-order valence-corrected chi connectivity index (χ3v) is 6.99. The van der Waals surface area contributed by atoms with Gasteiger partial charge in [0.2, 0.25) is 0 Å². The van der Waals surface area contributed by atoms with Crippen molar-refractivity contribution in [3.63, 3.8) is 0 Å². The van der Waals surface area contributed by atoms with Gasteiger partial charge < -0.3 is 5.32 Å². The normalized spacial score (nSPS) is 35.0. The molecule has 1 N–H and O–H groups in total. The van der Waals surface area contributed by atoms with E-state index >= 15 is 0 Å². The first kappa shape index (κ1) is 15.0. The first-order valence-electron chi connectivity index (χ1n) is 7.37. The number of piperazine rings is 1. The fourth-order valence-electron chi connectivity index (χ4n) is 2.86. The molecule has 2 saturated heterocycles. The molecule has 2 heterocycles. The topological polar surface area (TPSA) is 15.3 Å². The summed E-state index contributed by atoms with van der Waals surface area (Å²) >= 11 is 4.34. The molecule has 2 nitrogen and oxygen atoms in total. The predicted molar refractivity (Wildman–Crippen MR) is 85.9 cm³/mol. The van der Waals surface area contributed by atoms with Gasteiger partial charge in [0.05, 0.1) is 0 Å². The van der Waals surface area contributed by atoms with Gasteiger partial charge in [0.25, 0.3) is 0 Å². The Morgan fingerprint density at radius 1 is 1.33 bits per heavy atom. The fraction of sp³-hybridized carbons (Fsp3) is 1.00. The summed E-state index contributed by atoms with van der Waals surface area (Å²) in [6.07, 6.45) is 1.28. The molecule has 3 atom stereocenters. The Labute approximate surface area is 121 Å². The number of hydrogen-bond acceptors (Lipinski definition) is 4. The van der Waals surface area contributed by atoms with Gasteiger partial charge in [-0.15, -0.1) is 0 Å². The maximum absolute atomic E-state index is 3.73. The lowest BCUT2D eigenvalue weighted by molar-refractivity contribution is 0.112. The summed E-state index contributed by atoms with van der Waals surface area (Å²) in [5.41, 5.74) is 0. The van der Waals surface area contributed by atoms with Gasteiger partial charge in [-0.05, 0) is 12.3 Å². The monoisotopic (exact) mass is 288 g/mol. The zero-order valence-corrected chi connectivity index (χ0v) is 13.7. The summed E-state index contributed by atoms with van der Waals surface area (Å²) in [6, 6.07) is 1.45. The van der Waals surface area contributed by atoms with E-state index in [9.17, 15) is 0 Å². The summed E-state index contributed by atoms with van der Waals surface area (Å²) in [6.45, 7) is 10.8. The molecule has 4 heteroatoms. The van der Waals surface area contributed by atoms with Crippen LogP contribution in [0.3, 0.4) is 0 Å². The summed E-state index contributed by atoms with van der Waals surface area (Å²) in [7, 11) is 0. The van der Waals surface area contributed by atoms with Crippen LogP contribution in [-0.2, 0) is 0 Å². The molecule has 0 amide bonds. The molecule has 0 spiro atoms. The van der Waals surface area contributed by atoms with Crippen LogP contribution in [-0.4, -0.2) is 59.1 Å². The minimum absolute atomic E-state index is 0.689. The highest BCUT2D eigenvalue weighted by atomic mass is 32.2. The van der Waals surface area contributed by atoms with Crippen molar-refractivity contribution in [3.05, 3.63) is 0 Å². The molecule has 2 aliphatic heterocycles. The van der Waals surface area contributed by atoms with Gasteiger partial charge >= 0.3 is 0 Å². The van der Waals surface area contributed by atoms with Gasteiger partial charge in [0.1, 0.15) is 0 Å². The lowest BCUT2D eigenvalue weighted by atomic mass is 9.98. The quantitative estimate of drug-likeness (QED) is 0.855. The highest BCUT2D eigenvalue weighted by molar-refractivity contribution is 8.06. The Hall–Kier alpha value is 0.620. The lowest BCUT2D eigenvalue weighted by Crippen LogP contribution is -2.59. The molecular formula is C14H28N2S2. The van der Waals surface area contributed by atoms with Crippen LogP contribution in [0.25, 0.3) is 0 Å². The van der Waals surface area contributed by atoms with Crippen molar-refractivity contribution < 1.29 is 0 Å². The molecule has 0 bridgehead atoms. The predicted octanol–water partition coefficient (Wildman–Crippen LogP) is 2.54. The van der Waals surface area contributed by atoms with Crippen molar-refractivity contribution in [2.75, 3.05) is 36.9 Å². The maximum Gasteiger partial charge on any atom is 0.0265 e. The molecule has 0 radical (unpaired) electrons. The van der Waals surface area contributed by atoms with Crippen LogP contribution >= 0.6 is 23.5 Å². The number of thioether (sulfide) groups is 2. The second kappa shape index (κ2) is 7.41. The Morgan fingerprint density at radius 3 is 2.78 bits per heavy atom. The minimum atomic E-state index is 0.689. The fourth-order valence-corrected chi connectivity index (χ4v) is 5.55. The zero-order valence-electron chi connectivity index (χ0n) is 12.0. The number of nitrogens with one attached hydrogen (secondary N) is 1. The molecule has 0 saturated carbocycles. The van der Waals surface area contributed by atoms with E-state index in [0.717, 1.165) is 17.2 Å². The first-order chi connectivity index (χ1) is 8.70. The van der Waals surface area contributed by atoms with Crippen LogP contribution in [0.4, 0.5) is 0 Å². The molecule has 0 aromatic rings. The van der Waals surface area contributed by atoms with Gasteiger partial charge in [-0.25, -0.2) is 0 Å². The minimum Gasteiger partial charge on any atom is -0.311 e. The molecule has 3 unspecified atom stereocenters. The summed E-state index contributed by atoms with van der Waals surface area (Å²) in [4.78, 5) is 2.77. The zero-order chi connectivity index (χ0) is 13.0. The highest BCUT2D eigenvalue weighted by Crippen LogP contribution is 2.26. The highest BCUT2D eigenvalue weighted by Gasteiger charge is 2.30. The van der Waals surface area contributed by atoms with Crippen LogP contribution in [0.2, 0.25) is 0 Å². The van der Waals surface area contributed by atoms with E-state index in [1.54, 1.807) is 0 Å². The molecule has 18 heavy (non-hydrogen) atoms. The Bertz CT molecular complexity index is 242. The summed E-state index contributed by atoms with van der Waals surface area (Å²) in [5.74, 6) is 4.82. The Kier molecular flexibility index (Phi) is 6.19. The molecule has 0 aromatic heterocycles. The largest absolute Gasteiger partial charge is 0.311 e. The van der Waals surface area contributed by atoms with Crippen molar-refractivity contribution in [3.8, 4) is 0 Å². The van der Waals surface area contributed by atoms with Gasteiger partial charge in [0.15, 0.2) is 0 Å². The van der Waals surface area contributed by atoms with Crippen LogP contribution in [0.15, 0.2) is 0 Å². The number of hydrogen-bond donors (Lipinski definition) is 1. The molecule has 2 aliphatic rings. The molecule has 2 rings (SSSR count). The Morgan fingerprint density at radius 2 is 2.17 bits per heavy atom. The van der Waals surface area contributed by atoms with Crippen molar-refractivity contribution in [2.24, 2.45) is 5.92 Å².